The maximum atomic E-state index is 12.7. The molecule has 0 fully saturated rings. The highest BCUT2D eigenvalue weighted by molar-refractivity contribution is 5.97. The number of benzene rings is 3. The molecule has 154 valence electrons. The number of carbonyl (C=O) groups excluding carboxylic acids is 1. The van der Waals surface area contributed by atoms with Crippen molar-refractivity contribution in [1.29, 1.82) is 0 Å². The van der Waals surface area contributed by atoms with E-state index in [0.29, 0.717) is 11.1 Å². The molecule has 3 aromatic rings. The molecule has 0 aromatic heterocycles. The third-order valence-corrected chi connectivity index (χ3v) is 4.58. The Labute approximate surface area is 171 Å². The minimum Gasteiger partial charge on any atom is -0.480 e. The molecular weight excluding hydrogens is 395 g/mol. The smallest absolute Gasteiger partial charge is 0.416 e. The van der Waals surface area contributed by atoms with Crippen molar-refractivity contribution >= 4 is 11.9 Å². The van der Waals surface area contributed by atoms with Gasteiger partial charge in [-0.25, -0.2) is 4.79 Å². The Morgan fingerprint density at radius 2 is 1.37 bits per heavy atom. The van der Waals surface area contributed by atoms with E-state index in [1.54, 1.807) is 36.4 Å². The van der Waals surface area contributed by atoms with Gasteiger partial charge in [0.1, 0.15) is 6.04 Å². The standard InChI is InChI=1S/C23H18F3NO3/c24-23(25,26)19-12-10-17(11-13-19)16-6-8-18(9-7-16)21(28)27-20(22(29)30)14-15-4-2-1-3-5-15/h1-13,20H,14H2,(H,27,28)(H,29,30)/t20-/m0/s1. The van der Waals surface area contributed by atoms with Crippen LogP contribution in [0.1, 0.15) is 21.5 Å². The van der Waals surface area contributed by atoms with Gasteiger partial charge in [-0.15, -0.1) is 0 Å². The number of amides is 1. The van der Waals surface area contributed by atoms with E-state index in [4.69, 9.17) is 0 Å². The lowest BCUT2D eigenvalue weighted by Crippen LogP contribution is -2.42. The van der Waals surface area contributed by atoms with Crippen LogP contribution in [-0.4, -0.2) is 23.0 Å². The molecule has 0 heterocycles. The van der Waals surface area contributed by atoms with E-state index in [2.05, 4.69) is 5.32 Å². The predicted octanol–water partition coefficient (Wildman–Crippen LogP) is 4.80. The third kappa shape index (κ3) is 5.26. The maximum Gasteiger partial charge on any atom is 0.416 e. The number of hydrogen-bond donors (Lipinski definition) is 2. The van der Waals surface area contributed by atoms with Crippen LogP contribution in [0.5, 0.6) is 0 Å². The number of carboxylic acid groups (broad SMARTS) is 1. The summed E-state index contributed by atoms with van der Waals surface area (Å²) in [6.07, 6.45) is -4.26. The highest BCUT2D eigenvalue weighted by Crippen LogP contribution is 2.31. The van der Waals surface area contributed by atoms with E-state index < -0.39 is 29.7 Å². The molecule has 1 atom stereocenters. The zero-order valence-electron chi connectivity index (χ0n) is 15.7. The Morgan fingerprint density at radius 3 is 1.87 bits per heavy atom. The molecule has 7 heteroatoms. The lowest BCUT2D eigenvalue weighted by Gasteiger charge is -2.15. The first kappa shape index (κ1) is 21.1. The summed E-state index contributed by atoms with van der Waals surface area (Å²) in [4.78, 5) is 24.0. The molecule has 3 rings (SSSR count). The Morgan fingerprint density at radius 1 is 0.833 bits per heavy atom. The Balaban J connectivity index is 1.70. The van der Waals surface area contributed by atoms with Crippen LogP contribution < -0.4 is 5.32 Å². The highest BCUT2D eigenvalue weighted by Gasteiger charge is 2.30. The van der Waals surface area contributed by atoms with Crippen LogP contribution >= 0.6 is 0 Å². The van der Waals surface area contributed by atoms with Crippen LogP contribution in [0.15, 0.2) is 78.9 Å². The SMILES string of the molecule is O=C(N[C@@H](Cc1ccccc1)C(=O)O)c1ccc(-c2ccc(C(F)(F)F)cc2)cc1. The van der Waals surface area contributed by atoms with Gasteiger partial charge >= 0.3 is 12.1 Å². The average Bonchev–Trinajstić information content (AvgIpc) is 2.73. The fourth-order valence-corrected chi connectivity index (χ4v) is 2.96. The molecule has 0 spiro atoms. The highest BCUT2D eigenvalue weighted by atomic mass is 19.4. The summed E-state index contributed by atoms with van der Waals surface area (Å²) in [5.41, 5.74) is 1.51. The molecule has 0 aliphatic carbocycles. The molecule has 3 aromatic carbocycles. The van der Waals surface area contributed by atoms with Crippen LogP contribution in [0.2, 0.25) is 0 Å². The van der Waals surface area contributed by atoms with E-state index in [1.165, 1.54) is 24.3 Å². The minimum atomic E-state index is -4.40. The zero-order valence-corrected chi connectivity index (χ0v) is 15.7. The predicted molar refractivity (Wildman–Crippen MR) is 106 cm³/mol. The van der Waals surface area contributed by atoms with Crippen LogP contribution in [-0.2, 0) is 17.4 Å². The third-order valence-electron chi connectivity index (χ3n) is 4.58. The molecule has 30 heavy (non-hydrogen) atoms. The molecule has 0 saturated heterocycles. The van der Waals surface area contributed by atoms with Crippen molar-refractivity contribution in [2.75, 3.05) is 0 Å². The summed E-state index contributed by atoms with van der Waals surface area (Å²) in [7, 11) is 0. The molecule has 2 N–H and O–H groups in total. The fourth-order valence-electron chi connectivity index (χ4n) is 2.96. The molecule has 0 unspecified atom stereocenters. The van der Waals surface area contributed by atoms with Gasteiger partial charge < -0.3 is 10.4 Å². The maximum absolute atomic E-state index is 12.7. The van der Waals surface area contributed by atoms with Gasteiger partial charge in [0, 0.05) is 12.0 Å². The van der Waals surface area contributed by atoms with Crippen molar-refractivity contribution in [3.63, 3.8) is 0 Å². The van der Waals surface area contributed by atoms with Crippen LogP contribution in [0.4, 0.5) is 13.2 Å². The first-order valence-electron chi connectivity index (χ1n) is 9.09. The molecule has 4 nitrogen and oxygen atoms in total. The van der Waals surface area contributed by atoms with Crippen molar-refractivity contribution in [2.45, 2.75) is 18.6 Å². The zero-order chi connectivity index (χ0) is 21.7. The van der Waals surface area contributed by atoms with Gasteiger partial charge in [-0.3, -0.25) is 4.79 Å². The molecule has 0 bridgehead atoms. The number of alkyl halides is 3. The number of nitrogens with one attached hydrogen (secondary N) is 1. The first-order valence-corrected chi connectivity index (χ1v) is 9.09. The summed E-state index contributed by atoms with van der Waals surface area (Å²) >= 11 is 0. The topological polar surface area (TPSA) is 66.4 Å². The lowest BCUT2D eigenvalue weighted by molar-refractivity contribution is -0.139. The van der Waals surface area contributed by atoms with E-state index in [1.807, 2.05) is 6.07 Å². The first-order chi connectivity index (χ1) is 14.2. The van der Waals surface area contributed by atoms with Crippen molar-refractivity contribution in [3.8, 4) is 11.1 Å². The van der Waals surface area contributed by atoms with Gasteiger partial charge in [-0.1, -0.05) is 54.6 Å². The lowest BCUT2D eigenvalue weighted by atomic mass is 10.0. The molecule has 0 radical (unpaired) electrons. The fraction of sp³-hybridized carbons (Fsp3) is 0.130. The summed E-state index contributed by atoms with van der Waals surface area (Å²) in [5, 5.41) is 11.9. The Hall–Kier alpha value is -3.61. The van der Waals surface area contributed by atoms with Crippen LogP contribution in [0.25, 0.3) is 11.1 Å². The number of aliphatic carboxylic acids is 1. The number of halogens is 3. The second kappa shape index (κ2) is 8.82. The van der Waals surface area contributed by atoms with Gasteiger partial charge in [0.25, 0.3) is 5.91 Å². The van der Waals surface area contributed by atoms with E-state index in [9.17, 15) is 27.9 Å². The van der Waals surface area contributed by atoms with Gasteiger partial charge in [-0.05, 0) is 41.0 Å². The van der Waals surface area contributed by atoms with Crippen molar-refractivity contribution in [2.24, 2.45) is 0 Å². The van der Waals surface area contributed by atoms with Crippen LogP contribution in [0, 0.1) is 0 Å². The molecule has 0 aliphatic rings. The monoisotopic (exact) mass is 413 g/mol. The summed E-state index contributed by atoms with van der Waals surface area (Å²) < 4.78 is 38.0. The van der Waals surface area contributed by atoms with E-state index >= 15 is 0 Å². The summed E-state index contributed by atoms with van der Waals surface area (Å²) in [5.74, 6) is -1.69. The average molecular weight is 413 g/mol. The van der Waals surface area contributed by atoms with Crippen LogP contribution in [0.3, 0.4) is 0 Å². The second-order valence-electron chi connectivity index (χ2n) is 6.71. The minimum absolute atomic E-state index is 0.144. The summed E-state index contributed by atoms with van der Waals surface area (Å²) in [6.45, 7) is 0. The quantitative estimate of drug-likeness (QED) is 0.610. The Kier molecular flexibility index (Phi) is 6.20. The Bertz CT molecular complexity index is 1010. The molecular formula is C23H18F3NO3. The van der Waals surface area contributed by atoms with Crippen molar-refractivity contribution in [1.82, 2.24) is 5.32 Å². The normalized spacial score (nSPS) is 12.2. The van der Waals surface area contributed by atoms with Crippen molar-refractivity contribution in [3.05, 3.63) is 95.6 Å². The van der Waals surface area contributed by atoms with Gasteiger partial charge in [0.2, 0.25) is 0 Å². The van der Waals surface area contributed by atoms with Gasteiger partial charge in [0.05, 0.1) is 5.56 Å². The molecule has 0 saturated carbocycles. The largest absolute Gasteiger partial charge is 0.480 e. The number of carbonyl (C=O) groups is 2. The number of rotatable bonds is 6. The van der Waals surface area contributed by atoms with Crippen molar-refractivity contribution < 1.29 is 27.9 Å². The van der Waals surface area contributed by atoms with E-state index in [0.717, 1.165) is 17.7 Å². The van der Waals surface area contributed by atoms with Gasteiger partial charge in [0.15, 0.2) is 0 Å². The van der Waals surface area contributed by atoms with E-state index in [-0.39, 0.29) is 12.0 Å². The molecule has 0 aliphatic heterocycles. The number of carboxylic acids is 1. The number of hydrogen-bond acceptors (Lipinski definition) is 2. The summed E-state index contributed by atoms with van der Waals surface area (Å²) in [6, 6.07) is 18.8. The van der Waals surface area contributed by atoms with Gasteiger partial charge in [-0.2, -0.15) is 13.2 Å². The second-order valence-corrected chi connectivity index (χ2v) is 6.71. The molecule has 1 amide bonds.